The molecule has 0 radical (unpaired) electrons. The van der Waals surface area contributed by atoms with Crippen LogP contribution in [0.25, 0.3) is 6.08 Å². The average Bonchev–Trinajstić information content (AvgIpc) is 2.65. The van der Waals surface area contributed by atoms with Crippen LogP contribution >= 0.6 is 0 Å². The lowest BCUT2D eigenvalue weighted by Crippen LogP contribution is -2.32. The van der Waals surface area contributed by atoms with Crippen LogP contribution in [0.3, 0.4) is 0 Å². The van der Waals surface area contributed by atoms with Gasteiger partial charge in [0.25, 0.3) is 0 Å². The van der Waals surface area contributed by atoms with Crippen LogP contribution in [0, 0.1) is 0 Å². The molecular formula is C25H39NO. The predicted octanol–water partition coefficient (Wildman–Crippen LogP) is 6.29. The molecule has 1 unspecified atom stereocenters. The maximum atomic E-state index is 11.9. The van der Waals surface area contributed by atoms with E-state index in [9.17, 15) is 4.79 Å². The maximum Gasteiger partial charge on any atom is 0.136 e. The zero-order valence-corrected chi connectivity index (χ0v) is 18.2. The molecule has 1 atom stereocenters. The van der Waals surface area contributed by atoms with Gasteiger partial charge in [-0.2, -0.15) is 0 Å². The van der Waals surface area contributed by atoms with Crippen molar-refractivity contribution < 1.29 is 4.79 Å². The first-order valence-corrected chi connectivity index (χ1v) is 10.6. The molecule has 0 spiro atoms. The third kappa shape index (κ3) is 7.84. The normalized spacial score (nSPS) is 13.2. The number of benzene rings is 1. The Morgan fingerprint density at radius 3 is 2.48 bits per heavy atom. The van der Waals surface area contributed by atoms with Crippen molar-refractivity contribution in [2.24, 2.45) is 0 Å². The minimum absolute atomic E-state index is 0.349. The summed E-state index contributed by atoms with van der Waals surface area (Å²) in [6.07, 6.45) is 8.50. The van der Waals surface area contributed by atoms with Crippen molar-refractivity contribution >= 4 is 11.9 Å². The van der Waals surface area contributed by atoms with Crippen molar-refractivity contribution in [1.82, 2.24) is 5.32 Å². The first-order chi connectivity index (χ1) is 13.0. The van der Waals surface area contributed by atoms with Gasteiger partial charge in [0.15, 0.2) is 0 Å². The molecule has 27 heavy (non-hydrogen) atoms. The quantitative estimate of drug-likeness (QED) is 0.414. The van der Waals surface area contributed by atoms with Gasteiger partial charge in [0.2, 0.25) is 0 Å². The van der Waals surface area contributed by atoms with Crippen molar-refractivity contribution in [3.05, 3.63) is 52.6 Å². The first kappa shape index (κ1) is 23.4. The van der Waals surface area contributed by atoms with E-state index in [0.29, 0.717) is 24.7 Å². The second kappa shape index (κ2) is 12.7. The molecule has 0 saturated heterocycles. The molecule has 1 aromatic carbocycles. The topological polar surface area (TPSA) is 29.1 Å². The Labute approximate surface area is 167 Å². The van der Waals surface area contributed by atoms with Gasteiger partial charge in [0, 0.05) is 18.9 Å². The van der Waals surface area contributed by atoms with Crippen LogP contribution in [0.15, 0.2) is 35.9 Å². The summed E-state index contributed by atoms with van der Waals surface area (Å²) in [6.45, 7) is 15.6. The molecule has 2 nitrogen and oxygen atoms in total. The molecule has 0 fully saturated rings. The van der Waals surface area contributed by atoms with Crippen molar-refractivity contribution in [2.45, 2.75) is 85.6 Å². The summed E-state index contributed by atoms with van der Waals surface area (Å²) in [5.41, 5.74) is 6.59. The number of nitrogens with one attached hydrogen (secondary N) is 1. The van der Waals surface area contributed by atoms with E-state index < -0.39 is 0 Å². The number of carbonyl (C=O) groups is 1. The van der Waals surface area contributed by atoms with E-state index in [-0.39, 0.29) is 0 Å². The van der Waals surface area contributed by atoms with E-state index >= 15 is 0 Å². The van der Waals surface area contributed by atoms with Gasteiger partial charge in [-0.25, -0.2) is 0 Å². The van der Waals surface area contributed by atoms with Gasteiger partial charge < -0.3 is 5.32 Å². The highest BCUT2D eigenvalue weighted by Gasteiger charge is 2.12. The van der Waals surface area contributed by atoms with Gasteiger partial charge in [0.1, 0.15) is 5.78 Å². The summed E-state index contributed by atoms with van der Waals surface area (Å²) in [5.74, 6) is 0.356. The maximum absolute atomic E-state index is 11.9. The fraction of sp³-hybridized carbons (Fsp3) is 0.560. The van der Waals surface area contributed by atoms with Crippen LogP contribution in [0.4, 0.5) is 0 Å². The van der Waals surface area contributed by atoms with Crippen LogP contribution in [0.1, 0.15) is 83.4 Å². The molecule has 150 valence electrons. The highest BCUT2D eigenvalue weighted by molar-refractivity contribution is 5.80. The van der Waals surface area contributed by atoms with Crippen molar-refractivity contribution in [1.29, 1.82) is 0 Å². The molecule has 1 rings (SSSR count). The van der Waals surface area contributed by atoms with Gasteiger partial charge in [-0.15, -0.1) is 0 Å². The Hall–Kier alpha value is -1.67. The number of hydrogen-bond acceptors (Lipinski definition) is 2. The SMILES string of the molecule is C=Cc1ccc(CCNC(CC)/C(C)=C(\C)CC(=O)CCC)cc1CCC. The summed E-state index contributed by atoms with van der Waals surface area (Å²) in [5, 5.41) is 3.69. The molecule has 1 N–H and O–H groups in total. The van der Waals surface area contributed by atoms with E-state index in [2.05, 4.69) is 64.7 Å². The number of aryl methyl sites for hydroxylation is 1. The molecule has 0 aliphatic carbocycles. The van der Waals surface area contributed by atoms with Crippen molar-refractivity contribution in [2.75, 3.05) is 6.54 Å². The molecular weight excluding hydrogens is 330 g/mol. The molecule has 0 aliphatic heterocycles. The van der Waals surface area contributed by atoms with E-state index in [1.165, 1.54) is 27.8 Å². The minimum Gasteiger partial charge on any atom is -0.310 e. The molecule has 1 aromatic rings. The predicted molar refractivity (Wildman–Crippen MR) is 119 cm³/mol. The molecule has 0 aliphatic rings. The van der Waals surface area contributed by atoms with E-state index in [1.54, 1.807) is 0 Å². The van der Waals surface area contributed by atoms with Gasteiger partial charge in [-0.3, -0.25) is 4.79 Å². The van der Waals surface area contributed by atoms with Crippen molar-refractivity contribution in [3.8, 4) is 0 Å². The summed E-state index contributed by atoms with van der Waals surface area (Å²) in [6, 6.07) is 7.10. The number of hydrogen-bond donors (Lipinski definition) is 1. The summed E-state index contributed by atoms with van der Waals surface area (Å²) >= 11 is 0. The number of ketones is 1. The third-order valence-corrected chi connectivity index (χ3v) is 5.35. The molecule has 0 aromatic heterocycles. The zero-order valence-electron chi connectivity index (χ0n) is 18.2. The van der Waals surface area contributed by atoms with Crippen LogP contribution in [0.5, 0.6) is 0 Å². The average molecular weight is 370 g/mol. The molecule has 2 heteroatoms. The highest BCUT2D eigenvalue weighted by Crippen LogP contribution is 2.18. The Kier molecular flexibility index (Phi) is 11.0. The molecule has 0 saturated carbocycles. The van der Waals surface area contributed by atoms with Gasteiger partial charge in [-0.05, 0) is 62.8 Å². The van der Waals surface area contributed by atoms with Gasteiger partial charge >= 0.3 is 0 Å². The summed E-state index contributed by atoms with van der Waals surface area (Å²) in [4.78, 5) is 11.9. The monoisotopic (exact) mass is 369 g/mol. The second-order valence-corrected chi connectivity index (χ2v) is 7.58. The first-order valence-electron chi connectivity index (χ1n) is 10.6. The lowest BCUT2D eigenvalue weighted by molar-refractivity contribution is -0.118. The van der Waals surface area contributed by atoms with Crippen LogP contribution in [0.2, 0.25) is 0 Å². The zero-order chi connectivity index (χ0) is 20.2. The Morgan fingerprint density at radius 1 is 1.15 bits per heavy atom. The van der Waals surface area contributed by atoms with Crippen molar-refractivity contribution in [3.63, 3.8) is 0 Å². The number of Topliss-reactive ketones (excluding diaryl/α,β-unsaturated/α-hetero) is 1. The Bertz CT molecular complexity index is 642. The van der Waals surface area contributed by atoms with Crippen LogP contribution in [-0.4, -0.2) is 18.4 Å². The fourth-order valence-corrected chi connectivity index (χ4v) is 3.59. The van der Waals surface area contributed by atoms with E-state index in [0.717, 1.165) is 38.6 Å². The third-order valence-electron chi connectivity index (χ3n) is 5.35. The molecule has 0 amide bonds. The highest BCUT2D eigenvalue weighted by atomic mass is 16.1. The number of rotatable bonds is 13. The standard InChI is InChI=1S/C25H39NO/c1-7-11-23-18-21(13-14-22(23)9-3)15-16-26-25(10-4)20(6)19(5)17-24(27)12-8-2/h9,13-14,18,25-26H,3,7-8,10-12,15-17H2,1-2,4-6H3/b20-19+. The van der Waals surface area contributed by atoms with Crippen LogP contribution < -0.4 is 5.32 Å². The van der Waals surface area contributed by atoms with Gasteiger partial charge in [-0.1, -0.05) is 69.2 Å². The largest absolute Gasteiger partial charge is 0.310 e. The lowest BCUT2D eigenvalue weighted by atomic mass is 9.96. The Balaban J connectivity index is 2.68. The second-order valence-electron chi connectivity index (χ2n) is 7.58. The smallest absolute Gasteiger partial charge is 0.136 e. The lowest BCUT2D eigenvalue weighted by Gasteiger charge is -2.21. The number of carbonyl (C=O) groups excluding carboxylic acids is 1. The summed E-state index contributed by atoms with van der Waals surface area (Å²) < 4.78 is 0. The molecule has 0 heterocycles. The van der Waals surface area contributed by atoms with Gasteiger partial charge in [0.05, 0.1) is 0 Å². The Morgan fingerprint density at radius 2 is 1.89 bits per heavy atom. The fourth-order valence-electron chi connectivity index (χ4n) is 3.59. The van der Waals surface area contributed by atoms with E-state index in [1.807, 2.05) is 6.08 Å². The summed E-state index contributed by atoms with van der Waals surface area (Å²) in [7, 11) is 0. The molecule has 0 bridgehead atoms. The minimum atomic E-state index is 0.349. The van der Waals surface area contributed by atoms with Crippen LogP contribution in [-0.2, 0) is 17.6 Å². The number of allylic oxidation sites excluding steroid dienone is 1. The van der Waals surface area contributed by atoms with E-state index in [4.69, 9.17) is 0 Å².